The molecule has 1 aromatic carbocycles. The van der Waals surface area contributed by atoms with Crippen molar-refractivity contribution in [2.75, 3.05) is 11.7 Å². The lowest BCUT2D eigenvalue weighted by Gasteiger charge is -2.13. The second-order valence-electron chi connectivity index (χ2n) is 2.14. The molecule has 0 aromatic heterocycles. The van der Waals surface area contributed by atoms with Gasteiger partial charge in [0.1, 0.15) is 0 Å². The number of hydrogen-bond acceptors (Lipinski definition) is 2. The zero-order chi connectivity index (χ0) is 8.81. The van der Waals surface area contributed by atoms with E-state index >= 15 is 0 Å². The summed E-state index contributed by atoms with van der Waals surface area (Å²) in [5, 5.41) is 1.08. The van der Waals surface area contributed by atoms with Gasteiger partial charge < -0.3 is 0 Å². The minimum Gasteiger partial charge on any atom is -0.266 e. The predicted octanol–water partition coefficient (Wildman–Crippen LogP) is 1.51. The highest BCUT2D eigenvalue weighted by Gasteiger charge is 2.03. The number of hydrogen-bond donors (Lipinski definition) is 0. The summed E-state index contributed by atoms with van der Waals surface area (Å²) < 4.78 is 0. The van der Waals surface area contributed by atoms with E-state index in [4.69, 9.17) is 4.84 Å². The van der Waals surface area contributed by atoms with Crippen LogP contribution >= 0.6 is 0 Å². The third kappa shape index (κ3) is 2.07. The molecule has 63 valence electrons. The first kappa shape index (κ1) is 8.74. The van der Waals surface area contributed by atoms with Crippen LogP contribution in [0.2, 0.25) is 0 Å². The van der Waals surface area contributed by atoms with Crippen LogP contribution in [0.25, 0.3) is 0 Å². The van der Waals surface area contributed by atoms with Crippen molar-refractivity contribution in [1.82, 2.24) is 0 Å². The van der Waals surface area contributed by atoms with Crippen molar-refractivity contribution in [1.29, 1.82) is 0 Å². The molecule has 0 spiro atoms. The molecular formula is C9H10NO2. The van der Waals surface area contributed by atoms with Crippen molar-refractivity contribution in [3.05, 3.63) is 30.3 Å². The third-order valence-electron chi connectivity index (χ3n) is 1.33. The first-order chi connectivity index (χ1) is 5.88. The monoisotopic (exact) mass is 164 g/mol. The Balaban J connectivity index is 2.73. The fraction of sp³-hybridized carbons (Fsp3) is 0.222. The molecular weight excluding hydrogens is 154 g/mol. The quantitative estimate of drug-likeness (QED) is 0.498. The molecule has 0 aliphatic heterocycles. The van der Waals surface area contributed by atoms with Crippen LogP contribution in [0.3, 0.4) is 0 Å². The van der Waals surface area contributed by atoms with Gasteiger partial charge in [-0.05, 0) is 19.1 Å². The molecule has 1 rings (SSSR count). The Morgan fingerprint density at radius 3 is 2.58 bits per heavy atom. The van der Waals surface area contributed by atoms with Gasteiger partial charge in [-0.2, -0.15) is 5.06 Å². The molecule has 0 aliphatic rings. The molecule has 0 fully saturated rings. The number of carbonyl (C=O) groups excluding carboxylic acids is 1. The smallest absolute Gasteiger partial charge is 0.266 e. The van der Waals surface area contributed by atoms with Crippen molar-refractivity contribution in [2.24, 2.45) is 0 Å². The van der Waals surface area contributed by atoms with Crippen LogP contribution in [-0.4, -0.2) is 13.0 Å². The molecule has 12 heavy (non-hydrogen) atoms. The number of anilines is 1. The summed E-state index contributed by atoms with van der Waals surface area (Å²) in [5.41, 5.74) is 0.689. The highest BCUT2D eigenvalue weighted by Crippen LogP contribution is 2.10. The van der Waals surface area contributed by atoms with Gasteiger partial charge in [-0.1, -0.05) is 18.2 Å². The maximum atomic E-state index is 10.4. The Morgan fingerprint density at radius 2 is 2.08 bits per heavy atom. The Morgan fingerprint density at radius 1 is 1.42 bits per heavy atom. The van der Waals surface area contributed by atoms with Crippen molar-refractivity contribution < 1.29 is 9.63 Å². The molecule has 3 heteroatoms. The van der Waals surface area contributed by atoms with Gasteiger partial charge in [0, 0.05) is 0 Å². The SMILES string of the molecule is CCON([C]=O)c1ccccc1. The van der Waals surface area contributed by atoms with Crippen LogP contribution in [0.4, 0.5) is 5.69 Å². The molecule has 0 heterocycles. The number of nitrogens with zero attached hydrogens (tertiary/aromatic N) is 1. The summed E-state index contributed by atoms with van der Waals surface area (Å²) in [6.07, 6.45) is 1.68. The first-order valence-corrected chi connectivity index (χ1v) is 3.74. The van der Waals surface area contributed by atoms with E-state index in [0.717, 1.165) is 5.06 Å². The highest BCUT2D eigenvalue weighted by molar-refractivity contribution is 5.72. The zero-order valence-corrected chi connectivity index (χ0v) is 6.86. The third-order valence-corrected chi connectivity index (χ3v) is 1.33. The van der Waals surface area contributed by atoms with Crippen LogP contribution in [0.5, 0.6) is 0 Å². The van der Waals surface area contributed by atoms with Gasteiger partial charge in [-0.15, -0.1) is 0 Å². The van der Waals surface area contributed by atoms with Gasteiger partial charge in [0.05, 0.1) is 12.3 Å². The lowest BCUT2D eigenvalue weighted by atomic mass is 10.3. The number of rotatable bonds is 4. The van der Waals surface area contributed by atoms with E-state index < -0.39 is 0 Å². The lowest BCUT2D eigenvalue weighted by molar-refractivity contribution is 0.154. The molecule has 0 saturated carbocycles. The Labute approximate surface area is 71.5 Å². The fourth-order valence-electron chi connectivity index (χ4n) is 0.846. The largest absolute Gasteiger partial charge is 0.342 e. The molecule has 3 nitrogen and oxygen atoms in total. The van der Waals surface area contributed by atoms with E-state index in [1.54, 1.807) is 18.5 Å². The van der Waals surface area contributed by atoms with Gasteiger partial charge in [0.15, 0.2) is 0 Å². The van der Waals surface area contributed by atoms with Gasteiger partial charge in [0.2, 0.25) is 0 Å². The van der Waals surface area contributed by atoms with Crippen LogP contribution in [0, 0.1) is 0 Å². The maximum Gasteiger partial charge on any atom is 0.342 e. The molecule has 1 radical (unpaired) electrons. The normalized spacial score (nSPS) is 9.42. The number of hydroxylamine groups is 1. The summed E-state index contributed by atoms with van der Waals surface area (Å²) in [6, 6.07) is 9.09. The standard InChI is InChI=1S/C9H10NO2/c1-2-12-10(8-11)9-6-4-3-5-7-9/h3-7H,2H2,1H3. The van der Waals surface area contributed by atoms with Crippen LogP contribution in [-0.2, 0) is 9.63 Å². The van der Waals surface area contributed by atoms with E-state index in [-0.39, 0.29) is 0 Å². The van der Waals surface area contributed by atoms with E-state index in [9.17, 15) is 4.79 Å². The van der Waals surface area contributed by atoms with Gasteiger partial charge in [-0.3, -0.25) is 9.63 Å². The molecule has 0 bridgehead atoms. The summed E-state index contributed by atoms with van der Waals surface area (Å²) in [7, 11) is 0. The van der Waals surface area contributed by atoms with E-state index in [1.165, 1.54) is 0 Å². The molecule has 0 N–H and O–H groups in total. The topological polar surface area (TPSA) is 29.5 Å². The predicted molar refractivity (Wildman–Crippen MR) is 46.2 cm³/mol. The second kappa shape index (κ2) is 4.51. The van der Waals surface area contributed by atoms with E-state index in [1.807, 2.05) is 25.1 Å². The Kier molecular flexibility index (Phi) is 3.29. The van der Waals surface area contributed by atoms with E-state index in [2.05, 4.69) is 0 Å². The van der Waals surface area contributed by atoms with Crippen LogP contribution < -0.4 is 5.06 Å². The summed E-state index contributed by atoms with van der Waals surface area (Å²) in [4.78, 5) is 15.4. The fourth-order valence-corrected chi connectivity index (χ4v) is 0.846. The zero-order valence-electron chi connectivity index (χ0n) is 6.86. The molecule has 0 aliphatic carbocycles. The number of benzene rings is 1. The minimum atomic E-state index is 0.449. The van der Waals surface area contributed by atoms with Crippen molar-refractivity contribution >= 4 is 12.1 Å². The lowest BCUT2D eigenvalue weighted by Crippen LogP contribution is -2.20. The molecule has 0 saturated heterocycles. The Bertz CT molecular complexity index is 236. The van der Waals surface area contributed by atoms with Gasteiger partial charge >= 0.3 is 6.41 Å². The highest BCUT2D eigenvalue weighted by atomic mass is 16.7. The van der Waals surface area contributed by atoms with Gasteiger partial charge in [0.25, 0.3) is 0 Å². The molecule has 0 unspecified atom stereocenters. The van der Waals surface area contributed by atoms with Crippen LogP contribution in [0.15, 0.2) is 30.3 Å². The summed E-state index contributed by atoms with van der Waals surface area (Å²) >= 11 is 0. The van der Waals surface area contributed by atoms with Gasteiger partial charge in [-0.25, -0.2) is 0 Å². The number of para-hydroxylation sites is 1. The molecule has 0 atom stereocenters. The molecule has 1 amide bonds. The van der Waals surface area contributed by atoms with E-state index in [0.29, 0.717) is 12.3 Å². The number of amides is 1. The van der Waals surface area contributed by atoms with Crippen molar-refractivity contribution in [2.45, 2.75) is 6.92 Å². The average molecular weight is 164 g/mol. The molecule has 1 aromatic rings. The first-order valence-electron chi connectivity index (χ1n) is 3.74. The van der Waals surface area contributed by atoms with Crippen molar-refractivity contribution in [3.63, 3.8) is 0 Å². The maximum absolute atomic E-state index is 10.4. The summed E-state index contributed by atoms with van der Waals surface area (Å²) in [5.74, 6) is 0. The average Bonchev–Trinajstić information content (AvgIpc) is 2.15. The van der Waals surface area contributed by atoms with Crippen molar-refractivity contribution in [3.8, 4) is 0 Å². The van der Waals surface area contributed by atoms with Crippen LogP contribution in [0.1, 0.15) is 6.92 Å². The minimum absolute atomic E-state index is 0.449. The second-order valence-corrected chi connectivity index (χ2v) is 2.14. The summed E-state index contributed by atoms with van der Waals surface area (Å²) in [6.45, 7) is 2.26. The Hall–Kier alpha value is -1.35.